The van der Waals surface area contributed by atoms with E-state index in [9.17, 15) is 0 Å². The Morgan fingerprint density at radius 3 is 2.04 bits per heavy atom. The van der Waals surface area contributed by atoms with Gasteiger partial charge in [-0.1, -0.05) is 128 Å². The summed E-state index contributed by atoms with van der Waals surface area (Å²) in [5.41, 5.74) is 16.0. The Labute approximate surface area is 326 Å². The van der Waals surface area contributed by atoms with Crippen LogP contribution < -0.4 is 4.90 Å². The first-order chi connectivity index (χ1) is 27.6. The van der Waals surface area contributed by atoms with Crippen LogP contribution in [0.4, 0.5) is 17.1 Å². The van der Waals surface area contributed by atoms with Gasteiger partial charge in [0, 0.05) is 50.4 Å². The number of nitrogens with zero attached hydrogens (tertiary/aromatic N) is 2. The van der Waals surface area contributed by atoms with Crippen molar-refractivity contribution in [1.82, 2.24) is 4.57 Å². The van der Waals surface area contributed by atoms with E-state index in [1.165, 1.54) is 55.3 Å². The molecular weight excluding hydrogens is 681 g/mol. The highest BCUT2D eigenvalue weighted by atomic mass is 16.3. The van der Waals surface area contributed by atoms with Gasteiger partial charge in [-0.2, -0.15) is 0 Å². The molecule has 2 heterocycles. The van der Waals surface area contributed by atoms with Gasteiger partial charge in [0.05, 0.1) is 11.0 Å². The number of para-hydroxylation sites is 2. The molecule has 56 heavy (non-hydrogen) atoms. The number of allylic oxidation sites excluding steroid dienone is 1. The average molecular weight is 719 g/mol. The lowest BCUT2D eigenvalue weighted by atomic mass is 9.90. The minimum absolute atomic E-state index is 0.567. The highest BCUT2D eigenvalue weighted by Gasteiger charge is 2.19. The number of furan rings is 1. The average Bonchev–Trinajstić information content (AvgIpc) is 3.79. The Kier molecular flexibility index (Phi) is 7.53. The standard InChI is InChI=1S/C53H38N2O/c1-35-18-19-40-32-44(26-22-39(40)30-35)55-50-16-7-5-14-46(50)47-28-23-41(33-51(47)55)38-12-9-13-43(31-38)54(42-24-20-37(21-25-42)36-10-3-2-4-11-36)45-27-29-49-48-15-6-8-17-52(48)56-53(49)34-45/h2-29,31-35H,30H2,1H3. The zero-order chi connectivity index (χ0) is 37.2. The molecule has 0 saturated carbocycles. The highest BCUT2D eigenvalue weighted by Crippen LogP contribution is 2.41. The van der Waals surface area contributed by atoms with E-state index < -0.39 is 0 Å². The maximum absolute atomic E-state index is 6.40. The van der Waals surface area contributed by atoms with Crippen LogP contribution in [0.3, 0.4) is 0 Å². The third-order valence-corrected chi connectivity index (χ3v) is 11.5. The molecule has 11 rings (SSSR count). The Bertz CT molecular complexity index is 3130. The molecule has 0 aliphatic heterocycles. The molecule has 1 aliphatic carbocycles. The van der Waals surface area contributed by atoms with Crippen LogP contribution in [0.1, 0.15) is 18.1 Å². The molecule has 0 spiro atoms. The Hall–Kier alpha value is -7.10. The highest BCUT2D eigenvalue weighted by molar-refractivity contribution is 6.10. The van der Waals surface area contributed by atoms with Crippen molar-refractivity contribution < 1.29 is 4.42 Å². The molecule has 0 radical (unpaired) electrons. The van der Waals surface area contributed by atoms with E-state index in [0.29, 0.717) is 5.92 Å². The van der Waals surface area contributed by atoms with Gasteiger partial charge in [0.15, 0.2) is 0 Å². The van der Waals surface area contributed by atoms with Crippen molar-refractivity contribution in [3.8, 4) is 27.9 Å². The normalized spacial score (nSPS) is 13.8. The van der Waals surface area contributed by atoms with Crippen molar-refractivity contribution in [2.45, 2.75) is 13.3 Å². The van der Waals surface area contributed by atoms with E-state index >= 15 is 0 Å². The van der Waals surface area contributed by atoms with Crippen LogP contribution in [0.2, 0.25) is 0 Å². The molecule has 0 fully saturated rings. The number of hydrogen-bond donors (Lipinski definition) is 0. The summed E-state index contributed by atoms with van der Waals surface area (Å²) in [6.45, 7) is 2.29. The number of aromatic nitrogens is 1. The first kappa shape index (κ1) is 32.3. The van der Waals surface area contributed by atoms with Crippen LogP contribution in [0.25, 0.3) is 77.8 Å². The summed E-state index contributed by atoms with van der Waals surface area (Å²) < 4.78 is 8.84. The summed E-state index contributed by atoms with van der Waals surface area (Å²) >= 11 is 0. The molecule has 1 aliphatic rings. The fraction of sp³-hybridized carbons (Fsp3) is 0.0566. The molecule has 2 aromatic heterocycles. The van der Waals surface area contributed by atoms with Crippen LogP contribution >= 0.6 is 0 Å². The maximum Gasteiger partial charge on any atom is 0.137 e. The summed E-state index contributed by atoms with van der Waals surface area (Å²) in [5, 5.41) is 4.76. The van der Waals surface area contributed by atoms with Gasteiger partial charge in [-0.15, -0.1) is 0 Å². The largest absolute Gasteiger partial charge is 0.456 e. The van der Waals surface area contributed by atoms with Crippen molar-refractivity contribution in [1.29, 1.82) is 0 Å². The molecular formula is C53H38N2O. The Morgan fingerprint density at radius 1 is 0.482 bits per heavy atom. The lowest BCUT2D eigenvalue weighted by Gasteiger charge is -2.26. The zero-order valence-electron chi connectivity index (χ0n) is 31.1. The predicted octanol–water partition coefficient (Wildman–Crippen LogP) is 14.7. The van der Waals surface area contributed by atoms with Crippen LogP contribution in [0.15, 0.2) is 192 Å². The van der Waals surface area contributed by atoms with E-state index in [0.717, 1.165) is 51.0 Å². The first-order valence-electron chi connectivity index (χ1n) is 19.5. The Balaban J connectivity index is 1.05. The van der Waals surface area contributed by atoms with Crippen molar-refractivity contribution >= 4 is 66.9 Å². The van der Waals surface area contributed by atoms with Crippen LogP contribution in [-0.2, 0) is 6.42 Å². The lowest BCUT2D eigenvalue weighted by Crippen LogP contribution is -2.10. The second-order valence-corrected chi connectivity index (χ2v) is 15.1. The molecule has 3 nitrogen and oxygen atoms in total. The van der Waals surface area contributed by atoms with Gasteiger partial charge in [-0.3, -0.25) is 0 Å². The second kappa shape index (κ2) is 13.0. The smallest absolute Gasteiger partial charge is 0.137 e. The topological polar surface area (TPSA) is 21.3 Å². The number of fused-ring (bicyclic) bond motifs is 7. The summed E-state index contributed by atoms with van der Waals surface area (Å²) in [4.78, 5) is 2.34. The molecule has 266 valence electrons. The molecule has 0 saturated heterocycles. The molecule has 0 N–H and O–H groups in total. The molecule has 8 aromatic carbocycles. The van der Waals surface area contributed by atoms with Crippen LogP contribution in [0, 0.1) is 5.92 Å². The maximum atomic E-state index is 6.40. The number of benzene rings is 8. The van der Waals surface area contributed by atoms with Crippen LogP contribution in [0.5, 0.6) is 0 Å². The molecule has 10 aromatic rings. The van der Waals surface area contributed by atoms with E-state index in [2.05, 4.69) is 198 Å². The van der Waals surface area contributed by atoms with Crippen molar-refractivity contribution in [3.05, 3.63) is 199 Å². The minimum Gasteiger partial charge on any atom is -0.456 e. The summed E-state index contributed by atoms with van der Waals surface area (Å²) in [7, 11) is 0. The fourth-order valence-electron chi connectivity index (χ4n) is 8.73. The molecule has 1 unspecified atom stereocenters. The molecule has 1 atom stereocenters. The van der Waals surface area contributed by atoms with Crippen LogP contribution in [-0.4, -0.2) is 4.57 Å². The first-order valence-corrected chi connectivity index (χ1v) is 19.5. The van der Waals surface area contributed by atoms with E-state index in [4.69, 9.17) is 4.42 Å². The van der Waals surface area contributed by atoms with E-state index in [-0.39, 0.29) is 0 Å². The van der Waals surface area contributed by atoms with Crippen molar-refractivity contribution in [2.75, 3.05) is 4.90 Å². The summed E-state index contributed by atoms with van der Waals surface area (Å²) in [6, 6.07) is 65.8. The van der Waals surface area contributed by atoms with Gasteiger partial charge in [-0.25, -0.2) is 0 Å². The Morgan fingerprint density at radius 2 is 1.14 bits per heavy atom. The quantitative estimate of drug-likeness (QED) is 0.171. The third kappa shape index (κ3) is 5.43. The monoisotopic (exact) mass is 718 g/mol. The number of rotatable bonds is 6. The summed E-state index contributed by atoms with van der Waals surface area (Å²) in [6.07, 6.45) is 5.71. The predicted molar refractivity (Wildman–Crippen MR) is 236 cm³/mol. The number of hydrogen-bond acceptors (Lipinski definition) is 2. The molecule has 3 heteroatoms. The van der Waals surface area contributed by atoms with Gasteiger partial charge >= 0.3 is 0 Å². The molecule has 0 amide bonds. The molecule has 0 bridgehead atoms. The van der Waals surface area contributed by atoms with Gasteiger partial charge in [0.1, 0.15) is 11.2 Å². The van der Waals surface area contributed by atoms with Gasteiger partial charge in [0.2, 0.25) is 0 Å². The fourth-order valence-corrected chi connectivity index (χ4v) is 8.73. The van der Waals surface area contributed by atoms with Crippen molar-refractivity contribution in [2.24, 2.45) is 5.92 Å². The minimum atomic E-state index is 0.567. The SMILES string of the molecule is CC1C=Cc2cc(-n3c4ccccc4c4ccc(-c5cccc(N(c6ccc(-c7ccccc7)cc6)c6ccc7c(c6)oc6ccccc67)c5)cc43)ccc2C1. The zero-order valence-corrected chi connectivity index (χ0v) is 31.1. The van der Waals surface area contributed by atoms with Gasteiger partial charge < -0.3 is 13.9 Å². The lowest BCUT2D eigenvalue weighted by molar-refractivity contribution is 0.669. The van der Waals surface area contributed by atoms with Gasteiger partial charge in [0.25, 0.3) is 0 Å². The van der Waals surface area contributed by atoms with Gasteiger partial charge in [-0.05, 0) is 112 Å². The van der Waals surface area contributed by atoms with E-state index in [1.807, 2.05) is 12.1 Å². The number of anilines is 3. The summed E-state index contributed by atoms with van der Waals surface area (Å²) in [5.74, 6) is 0.567. The van der Waals surface area contributed by atoms with Crippen molar-refractivity contribution in [3.63, 3.8) is 0 Å². The second-order valence-electron chi connectivity index (χ2n) is 15.1. The van der Waals surface area contributed by atoms with E-state index in [1.54, 1.807) is 0 Å². The third-order valence-electron chi connectivity index (χ3n) is 11.5.